The van der Waals surface area contributed by atoms with Gasteiger partial charge in [0.2, 0.25) is 0 Å². The molecule has 28 heavy (non-hydrogen) atoms. The van der Waals surface area contributed by atoms with Crippen LogP contribution in [0.15, 0.2) is 71.0 Å². The van der Waals surface area contributed by atoms with Gasteiger partial charge in [0.15, 0.2) is 5.96 Å². The van der Waals surface area contributed by atoms with Gasteiger partial charge in [-0.25, -0.2) is 4.99 Å². The van der Waals surface area contributed by atoms with Gasteiger partial charge in [-0.15, -0.1) is 11.3 Å². The van der Waals surface area contributed by atoms with Crippen molar-refractivity contribution in [2.45, 2.75) is 26.8 Å². The van der Waals surface area contributed by atoms with Crippen molar-refractivity contribution in [2.24, 2.45) is 10.9 Å². The number of hydrogen-bond acceptors (Lipinski definition) is 3. The summed E-state index contributed by atoms with van der Waals surface area (Å²) in [6.45, 7) is 5.83. The van der Waals surface area contributed by atoms with Crippen LogP contribution < -0.4 is 10.6 Å². The summed E-state index contributed by atoms with van der Waals surface area (Å²) in [4.78, 5) is 5.90. The molecule has 0 unspecified atom stereocenters. The zero-order valence-electron chi connectivity index (χ0n) is 16.4. The van der Waals surface area contributed by atoms with E-state index in [9.17, 15) is 5.11 Å². The fraction of sp³-hybridized carbons (Fsp3) is 0.261. The van der Waals surface area contributed by atoms with Crippen molar-refractivity contribution in [1.82, 2.24) is 5.32 Å². The van der Waals surface area contributed by atoms with Crippen LogP contribution in [0.3, 0.4) is 0 Å². The van der Waals surface area contributed by atoms with E-state index in [-0.39, 0.29) is 5.75 Å². The third-order valence-corrected chi connectivity index (χ3v) is 5.21. The maximum Gasteiger partial charge on any atom is 0.196 e. The molecule has 0 aliphatic carbocycles. The summed E-state index contributed by atoms with van der Waals surface area (Å²) in [6.07, 6.45) is 1.05. The first-order valence-corrected chi connectivity index (χ1v) is 10.5. The minimum Gasteiger partial charge on any atom is -0.506 e. The number of guanidine groups is 1. The molecule has 0 saturated heterocycles. The van der Waals surface area contributed by atoms with E-state index >= 15 is 0 Å². The molecule has 0 bridgehead atoms. The maximum atomic E-state index is 10.4. The van der Waals surface area contributed by atoms with Crippen molar-refractivity contribution in [3.63, 3.8) is 0 Å². The lowest BCUT2D eigenvalue weighted by Gasteiger charge is -2.15. The molecule has 3 rings (SSSR count). The summed E-state index contributed by atoms with van der Waals surface area (Å²) in [6, 6.07) is 19.8. The van der Waals surface area contributed by atoms with E-state index in [1.807, 2.05) is 36.4 Å². The molecular formula is C23H27N3OS. The van der Waals surface area contributed by atoms with E-state index in [4.69, 9.17) is 4.99 Å². The molecule has 0 atom stereocenters. The van der Waals surface area contributed by atoms with Crippen LogP contribution in [0.2, 0.25) is 0 Å². The number of rotatable bonds is 7. The van der Waals surface area contributed by atoms with Crippen molar-refractivity contribution in [3.05, 3.63) is 70.9 Å². The van der Waals surface area contributed by atoms with Gasteiger partial charge in [0, 0.05) is 11.4 Å². The SMILES string of the molecule is CC(C)CCNC(=NCc1cccs1)Nc1cc(-c2ccccc2)ccc1O. The Balaban J connectivity index is 1.79. The third kappa shape index (κ3) is 5.86. The normalized spacial score (nSPS) is 11.6. The van der Waals surface area contributed by atoms with Gasteiger partial charge in [-0.2, -0.15) is 0 Å². The second-order valence-electron chi connectivity index (χ2n) is 7.08. The molecule has 0 saturated carbocycles. The molecule has 3 aromatic rings. The molecule has 0 aliphatic rings. The number of nitrogens with one attached hydrogen (secondary N) is 2. The van der Waals surface area contributed by atoms with Crippen molar-refractivity contribution in [3.8, 4) is 16.9 Å². The summed E-state index contributed by atoms with van der Waals surface area (Å²) in [5.41, 5.74) is 2.79. The topological polar surface area (TPSA) is 56.7 Å². The second-order valence-corrected chi connectivity index (χ2v) is 8.11. The van der Waals surface area contributed by atoms with Crippen LogP contribution in [0.4, 0.5) is 5.69 Å². The lowest BCUT2D eigenvalue weighted by Crippen LogP contribution is -2.32. The lowest BCUT2D eigenvalue weighted by atomic mass is 10.0. The minimum atomic E-state index is 0.203. The maximum absolute atomic E-state index is 10.4. The van der Waals surface area contributed by atoms with E-state index in [1.54, 1.807) is 17.4 Å². The molecular weight excluding hydrogens is 366 g/mol. The zero-order chi connectivity index (χ0) is 19.8. The Morgan fingerprint density at radius 3 is 2.57 bits per heavy atom. The monoisotopic (exact) mass is 393 g/mol. The van der Waals surface area contributed by atoms with Crippen LogP contribution in [0.25, 0.3) is 11.1 Å². The molecule has 3 N–H and O–H groups in total. The van der Waals surface area contributed by atoms with Crippen molar-refractivity contribution >= 4 is 23.0 Å². The second kappa shape index (κ2) is 9.95. The van der Waals surface area contributed by atoms with E-state index in [0.717, 1.165) is 24.1 Å². The van der Waals surface area contributed by atoms with Gasteiger partial charge >= 0.3 is 0 Å². The Bertz CT molecular complexity index is 889. The number of phenolic OH excluding ortho intramolecular Hbond substituents is 1. The molecule has 146 valence electrons. The number of hydrogen-bond donors (Lipinski definition) is 3. The van der Waals surface area contributed by atoms with Crippen molar-refractivity contribution < 1.29 is 5.11 Å². The standard InChI is InChI=1S/C23H27N3OS/c1-17(2)12-13-24-23(25-16-20-9-6-14-28-20)26-21-15-19(10-11-22(21)27)18-7-4-3-5-8-18/h3-11,14-15,17,27H,12-13,16H2,1-2H3,(H2,24,25,26). The average Bonchev–Trinajstić information content (AvgIpc) is 3.21. The third-order valence-electron chi connectivity index (χ3n) is 4.34. The smallest absolute Gasteiger partial charge is 0.196 e. The Morgan fingerprint density at radius 2 is 1.86 bits per heavy atom. The number of aromatic hydroxyl groups is 1. The highest BCUT2D eigenvalue weighted by Crippen LogP contribution is 2.29. The first-order valence-electron chi connectivity index (χ1n) is 9.58. The molecule has 0 aliphatic heterocycles. The molecule has 0 spiro atoms. The van der Waals surface area contributed by atoms with E-state index in [1.165, 1.54) is 4.88 Å². The van der Waals surface area contributed by atoms with Gasteiger partial charge < -0.3 is 15.7 Å². The number of nitrogens with zero attached hydrogens (tertiary/aromatic N) is 1. The predicted octanol–water partition coefficient (Wildman–Crippen LogP) is 5.72. The molecule has 2 aromatic carbocycles. The largest absolute Gasteiger partial charge is 0.506 e. The fourth-order valence-electron chi connectivity index (χ4n) is 2.75. The summed E-state index contributed by atoms with van der Waals surface area (Å²) in [5.74, 6) is 1.49. The predicted molar refractivity (Wildman–Crippen MR) is 120 cm³/mol. The Labute approximate surface area is 171 Å². The fourth-order valence-corrected chi connectivity index (χ4v) is 3.38. The highest BCUT2D eigenvalue weighted by atomic mass is 32.1. The van der Waals surface area contributed by atoms with Gasteiger partial charge in [0.05, 0.1) is 12.2 Å². The molecule has 4 nitrogen and oxygen atoms in total. The molecule has 1 heterocycles. The van der Waals surface area contributed by atoms with Crippen LogP contribution in [0, 0.1) is 5.92 Å². The minimum absolute atomic E-state index is 0.203. The van der Waals surface area contributed by atoms with Gasteiger partial charge in [-0.05, 0) is 47.0 Å². The number of anilines is 1. The Hall–Kier alpha value is -2.79. The molecule has 0 radical (unpaired) electrons. The van der Waals surface area contributed by atoms with Gasteiger partial charge in [0.1, 0.15) is 5.75 Å². The molecule has 5 heteroatoms. The highest BCUT2D eigenvalue weighted by Gasteiger charge is 2.08. The van der Waals surface area contributed by atoms with Crippen LogP contribution in [0.5, 0.6) is 5.75 Å². The van der Waals surface area contributed by atoms with Gasteiger partial charge in [0.25, 0.3) is 0 Å². The molecule has 1 aromatic heterocycles. The van der Waals surface area contributed by atoms with E-state index in [0.29, 0.717) is 24.1 Å². The lowest BCUT2D eigenvalue weighted by molar-refractivity contribution is 0.478. The average molecular weight is 394 g/mol. The van der Waals surface area contributed by atoms with Crippen LogP contribution in [-0.4, -0.2) is 17.6 Å². The highest BCUT2D eigenvalue weighted by molar-refractivity contribution is 7.09. The molecule has 0 fully saturated rings. The van der Waals surface area contributed by atoms with Gasteiger partial charge in [-0.3, -0.25) is 0 Å². The first kappa shape index (κ1) is 20.0. The van der Waals surface area contributed by atoms with Crippen LogP contribution in [-0.2, 0) is 6.54 Å². The number of thiophene rings is 1. The summed E-state index contributed by atoms with van der Waals surface area (Å²) < 4.78 is 0. The number of phenols is 1. The Morgan fingerprint density at radius 1 is 1.04 bits per heavy atom. The summed E-state index contributed by atoms with van der Waals surface area (Å²) in [5, 5.41) is 19.1. The van der Waals surface area contributed by atoms with Crippen LogP contribution in [0.1, 0.15) is 25.1 Å². The van der Waals surface area contributed by atoms with Crippen LogP contribution >= 0.6 is 11.3 Å². The van der Waals surface area contributed by atoms with Gasteiger partial charge in [-0.1, -0.05) is 56.3 Å². The van der Waals surface area contributed by atoms with E-state index < -0.39 is 0 Å². The number of aliphatic imine (C=N–C) groups is 1. The quantitative estimate of drug-likeness (QED) is 0.273. The zero-order valence-corrected chi connectivity index (χ0v) is 17.2. The summed E-state index contributed by atoms with van der Waals surface area (Å²) >= 11 is 1.69. The number of benzene rings is 2. The Kier molecular flexibility index (Phi) is 7.09. The van der Waals surface area contributed by atoms with Crippen molar-refractivity contribution in [2.75, 3.05) is 11.9 Å². The molecule has 0 amide bonds. The summed E-state index contributed by atoms with van der Waals surface area (Å²) in [7, 11) is 0. The van der Waals surface area contributed by atoms with E-state index in [2.05, 4.69) is 48.1 Å². The van der Waals surface area contributed by atoms with Crippen molar-refractivity contribution in [1.29, 1.82) is 0 Å². The first-order chi connectivity index (χ1) is 13.6.